The van der Waals surface area contributed by atoms with Gasteiger partial charge >= 0.3 is 0 Å². The van der Waals surface area contributed by atoms with Crippen molar-refractivity contribution in [2.24, 2.45) is 0 Å². The third-order valence-electron chi connectivity index (χ3n) is 3.37. The summed E-state index contributed by atoms with van der Waals surface area (Å²) in [5.74, 6) is 0. The summed E-state index contributed by atoms with van der Waals surface area (Å²) in [6.07, 6.45) is 0. The highest BCUT2D eigenvalue weighted by molar-refractivity contribution is 9.13. The second kappa shape index (κ2) is 4.50. The topological polar surface area (TPSA) is 25.8 Å². The fraction of sp³-hybridized carbons (Fsp3) is 0. The van der Waals surface area contributed by atoms with Crippen LogP contribution in [0.3, 0.4) is 0 Å². The normalized spacial score (nSPS) is 11.5. The molecule has 0 bridgehead atoms. The molecule has 0 aliphatic rings. The molecule has 0 atom stereocenters. The summed E-state index contributed by atoms with van der Waals surface area (Å²) in [4.78, 5) is 9.47. The standard InChI is InChI=1S/C16H8Br2N2/c17-11-7-9-5-6-15-16(10(9)8-12(11)18)20-14-4-2-1-3-13(14)19-15/h1-8H. The lowest BCUT2D eigenvalue weighted by atomic mass is 10.1. The summed E-state index contributed by atoms with van der Waals surface area (Å²) >= 11 is 7.09. The molecule has 4 aromatic rings. The Morgan fingerprint density at radius 3 is 2.20 bits per heavy atom. The van der Waals surface area contributed by atoms with E-state index in [1.807, 2.05) is 30.3 Å². The van der Waals surface area contributed by atoms with Gasteiger partial charge in [-0.3, -0.25) is 0 Å². The van der Waals surface area contributed by atoms with Gasteiger partial charge in [-0.25, -0.2) is 9.97 Å². The van der Waals surface area contributed by atoms with Gasteiger partial charge in [0.05, 0.1) is 22.1 Å². The van der Waals surface area contributed by atoms with Crippen molar-refractivity contribution in [2.75, 3.05) is 0 Å². The van der Waals surface area contributed by atoms with E-state index in [0.29, 0.717) is 0 Å². The Morgan fingerprint density at radius 2 is 1.40 bits per heavy atom. The predicted molar refractivity (Wildman–Crippen MR) is 90.0 cm³/mol. The number of halogens is 2. The van der Waals surface area contributed by atoms with Gasteiger partial charge in [-0.05, 0) is 67.6 Å². The molecule has 0 radical (unpaired) electrons. The first-order valence-corrected chi connectivity index (χ1v) is 7.75. The summed E-state index contributed by atoms with van der Waals surface area (Å²) in [5, 5.41) is 2.26. The van der Waals surface area contributed by atoms with Crippen molar-refractivity contribution in [3.05, 3.63) is 57.5 Å². The van der Waals surface area contributed by atoms with Gasteiger partial charge in [0.2, 0.25) is 0 Å². The van der Waals surface area contributed by atoms with Crippen LogP contribution in [0, 0.1) is 0 Å². The highest BCUT2D eigenvalue weighted by Gasteiger charge is 2.07. The van der Waals surface area contributed by atoms with Crippen LogP contribution < -0.4 is 0 Å². The van der Waals surface area contributed by atoms with Crippen molar-refractivity contribution < 1.29 is 0 Å². The minimum atomic E-state index is 0.922. The van der Waals surface area contributed by atoms with Crippen LogP contribution >= 0.6 is 31.9 Å². The molecule has 0 aliphatic heterocycles. The van der Waals surface area contributed by atoms with Gasteiger partial charge in [-0.1, -0.05) is 18.2 Å². The quantitative estimate of drug-likeness (QED) is 0.295. The maximum absolute atomic E-state index is 4.78. The maximum atomic E-state index is 4.78. The minimum absolute atomic E-state index is 0.922. The van der Waals surface area contributed by atoms with E-state index >= 15 is 0 Å². The van der Waals surface area contributed by atoms with E-state index in [2.05, 4.69) is 50.1 Å². The second-order valence-corrected chi connectivity index (χ2v) is 6.34. The molecule has 2 nitrogen and oxygen atoms in total. The monoisotopic (exact) mass is 386 g/mol. The first-order chi connectivity index (χ1) is 9.72. The molecule has 3 aromatic carbocycles. The van der Waals surface area contributed by atoms with Crippen LogP contribution in [0.2, 0.25) is 0 Å². The molecule has 0 fully saturated rings. The summed E-state index contributed by atoms with van der Waals surface area (Å²) in [5.41, 5.74) is 3.71. The summed E-state index contributed by atoms with van der Waals surface area (Å²) in [7, 11) is 0. The van der Waals surface area contributed by atoms with Crippen LogP contribution in [0.25, 0.3) is 32.8 Å². The predicted octanol–water partition coefficient (Wildman–Crippen LogP) is 5.46. The molecular formula is C16H8Br2N2. The van der Waals surface area contributed by atoms with Crippen LogP contribution in [0.15, 0.2) is 57.5 Å². The van der Waals surface area contributed by atoms with Crippen molar-refractivity contribution in [1.29, 1.82) is 0 Å². The number of nitrogens with zero attached hydrogens (tertiary/aromatic N) is 2. The summed E-state index contributed by atoms with van der Waals surface area (Å²) in [6, 6.07) is 16.2. The lowest BCUT2D eigenvalue weighted by molar-refractivity contribution is 1.41. The van der Waals surface area contributed by atoms with Gasteiger partial charge in [0.15, 0.2) is 0 Å². The zero-order valence-corrected chi connectivity index (χ0v) is 13.4. The van der Waals surface area contributed by atoms with Crippen molar-refractivity contribution in [3.63, 3.8) is 0 Å². The van der Waals surface area contributed by atoms with E-state index in [1.165, 1.54) is 0 Å². The Hall–Kier alpha value is -1.52. The Morgan fingerprint density at radius 1 is 0.700 bits per heavy atom. The van der Waals surface area contributed by atoms with Gasteiger partial charge in [0, 0.05) is 14.3 Å². The Kier molecular flexibility index (Phi) is 2.75. The maximum Gasteiger partial charge on any atom is 0.0973 e. The number of benzene rings is 3. The number of para-hydroxylation sites is 2. The average molecular weight is 388 g/mol. The molecule has 96 valence electrons. The lowest BCUT2D eigenvalue weighted by Gasteiger charge is -2.06. The van der Waals surface area contributed by atoms with Crippen molar-refractivity contribution >= 4 is 64.7 Å². The molecule has 20 heavy (non-hydrogen) atoms. The van der Waals surface area contributed by atoms with E-state index in [4.69, 9.17) is 9.97 Å². The first-order valence-electron chi connectivity index (χ1n) is 6.17. The summed E-state index contributed by atoms with van der Waals surface area (Å²) in [6.45, 7) is 0. The molecule has 4 rings (SSSR count). The average Bonchev–Trinajstić information content (AvgIpc) is 2.47. The Labute approximate surface area is 132 Å². The van der Waals surface area contributed by atoms with Gasteiger partial charge in [0.25, 0.3) is 0 Å². The van der Waals surface area contributed by atoms with E-state index in [1.54, 1.807) is 0 Å². The summed E-state index contributed by atoms with van der Waals surface area (Å²) < 4.78 is 2.06. The highest BCUT2D eigenvalue weighted by atomic mass is 79.9. The van der Waals surface area contributed by atoms with Gasteiger partial charge in [-0.2, -0.15) is 0 Å². The zero-order valence-electron chi connectivity index (χ0n) is 10.3. The number of fused-ring (bicyclic) bond motifs is 4. The zero-order chi connectivity index (χ0) is 13.7. The third-order valence-corrected chi connectivity index (χ3v) is 5.21. The van der Waals surface area contributed by atoms with E-state index in [0.717, 1.165) is 41.8 Å². The molecule has 1 aromatic heterocycles. The molecule has 1 heterocycles. The van der Waals surface area contributed by atoms with Gasteiger partial charge in [-0.15, -0.1) is 0 Å². The number of aromatic nitrogens is 2. The third kappa shape index (κ3) is 1.83. The fourth-order valence-corrected chi connectivity index (χ4v) is 3.11. The second-order valence-electron chi connectivity index (χ2n) is 4.63. The number of rotatable bonds is 0. The van der Waals surface area contributed by atoms with Gasteiger partial charge in [0.1, 0.15) is 0 Å². The number of hydrogen-bond acceptors (Lipinski definition) is 2. The molecule has 4 heteroatoms. The molecular weight excluding hydrogens is 380 g/mol. The van der Waals surface area contributed by atoms with Gasteiger partial charge < -0.3 is 0 Å². The molecule has 0 saturated carbocycles. The Bertz CT molecular complexity index is 980. The van der Waals surface area contributed by atoms with Crippen molar-refractivity contribution in [2.45, 2.75) is 0 Å². The number of hydrogen-bond donors (Lipinski definition) is 0. The smallest absolute Gasteiger partial charge is 0.0973 e. The lowest BCUT2D eigenvalue weighted by Crippen LogP contribution is -1.88. The SMILES string of the molecule is Brc1cc2ccc3nc4ccccc4nc3c2cc1Br. The molecule has 0 amide bonds. The van der Waals surface area contributed by atoms with Crippen LogP contribution in [0.5, 0.6) is 0 Å². The van der Waals surface area contributed by atoms with E-state index < -0.39 is 0 Å². The van der Waals surface area contributed by atoms with Crippen LogP contribution in [0.1, 0.15) is 0 Å². The van der Waals surface area contributed by atoms with E-state index in [9.17, 15) is 0 Å². The molecule has 0 saturated heterocycles. The van der Waals surface area contributed by atoms with Crippen LogP contribution in [0.4, 0.5) is 0 Å². The van der Waals surface area contributed by atoms with E-state index in [-0.39, 0.29) is 0 Å². The van der Waals surface area contributed by atoms with Crippen molar-refractivity contribution in [3.8, 4) is 0 Å². The molecule has 0 N–H and O–H groups in total. The molecule has 0 unspecified atom stereocenters. The van der Waals surface area contributed by atoms with Crippen LogP contribution in [-0.2, 0) is 0 Å². The fourth-order valence-electron chi connectivity index (χ4n) is 2.40. The highest BCUT2D eigenvalue weighted by Crippen LogP contribution is 2.32. The largest absolute Gasteiger partial charge is 0.244 e. The minimum Gasteiger partial charge on any atom is -0.244 e. The molecule has 0 spiro atoms. The first kappa shape index (κ1) is 12.2. The van der Waals surface area contributed by atoms with Crippen molar-refractivity contribution in [1.82, 2.24) is 9.97 Å². The Balaban J connectivity index is 2.22. The molecule has 0 aliphatic carbocycles. The van der Waals surface area contributed by atoms with Crippen LogP contribution in [-0.4, -0.2) is 9.97 Å².